The summed E-state index contributed by atoms with van der Waals surface area (Å²) >= 11 is 3.41. The molecule has 7 nitrogen and oxygen atoms in total. The molecule has 0 unspecified atom stereocenters. The predicted molar refractivity (Wildman–Crippen MR) is 120 cm³/mol. The number of nitrogens with one attached hydrogen (secondary N) is 1. The summed E-state index contributed by atoms with van der Waals surface area (Å²) in [5.74, 6) is 1.54. The third-order valence-electron chi connectivity index (χ3n) is 5.51. The highest BCUT2D eigenvalue weighted by Gasteiger charge is 2.25. The molecule has 1 amide bonds. The smallest absolute Gasteiger partial charge is 0.259 e. The minimum absolute atomic E-state index is 0.200. The molecule has 2 aromatic heterocycles. The van der Waals surface area contributed by atoms with Crippen molar-refractivity contribution in [2.75, 3.05) is 5.32 Å². The van der Waals surface area contributed by atoms with Crippen molar-refractivity contribution in [3.63, 3.8) is 0 Å². The molecule has 2 aromatic carbocycles. The van der Waals surface area contributed by atoms with E-state index in [1.165, 1.54) is 6.42 Å². The van der Waals surface area contributed by atoms with E-state index >= 15 is 0 Å². The van der Waals surface area contributed by atoms with E-state index in [-0.39, 0.29) is 5.91 Å². The van der Waals surface area contributed by atoms with Gasteiger partial charge in [0.2, 0.25) is 11.7 Å². The molecule has 5 rings (SSSR count). The van der Waals surface area contributed by atoms with Crippen LogP contribution in [0.2, 0.25) is 0 Å². The van der Waals surface area contributed by atoms with Crippen molar-refractivity contribution in [2.45, 2.75) is 32.1 Å². The molecule has 1 saturated carbocycles. The number of aryl methyl sites for hydroxylation is 1. The highest BCUT2D eigenvalue weighted by Crippen LogP contribution is 2.36. The number of hydrogen-bond acceptors (Lipinski definition) is 5. The average molecular weight is 478 g/mol. The second-order valence-corrected chi connectivity index (χ2v) is 8.58. The van der Waals surface area contributed by atoms with Gasteiger partial charge in [0.25, 0.3) is 5.91 Å². The molecule has 8 heteroatoms. The monoisotopic (exact) mass is 477 g/mol. The molecule has 0 saturated heterocycles. The molecule has 0 spiro atoms. The number of rotatable bonds is 5. The summed E-state index contributed by atoms with van der Waals surface area (Å²) in [4.78, 5) is 17.2. The summed E-state index contributed by atoms with van der Waals surface area (Å²) in [5, 5.41) is 11.5. The van der Waals surface area contributed by atoms with Crippen molar-refractivity contribution in [2.24, 2.45) is 0 Å². The Morgan fingerprint density at radius 1 is 1.19 bits per heavy atom. The van der Waals surface area contributed by atoms with Crippen molar-refractivity contribution < 1.29 is 9.32 Å². The Hall–Kier alpha value is -3.26. The van der Waals surface area contributed by atoms with Gasteiger partial charge in [-0.1, -0.05) is 33.6 Å². The SMILES string of the molecule is Cc1nn(-c2ccc(-c3noc(C4CCC4)n3)cc2)cc1C(=O)Nc1cccc(Br)c1. The maximum atomic E-state index is 12.7. The number of hydrogen-bond donors (Lipinski definition) is 1. The summed E-state index contributed by atoms with van der Waals surface area (Å²) in [6, 6.07) is 15.2. The van der Waals surface area contributed by atoms with Gasteiger partial charge in [-0.05, 0) is 62.2 Å². The number of carbonyl (C=O) groups is 1. The Morgan fingerprint density at radius 3 is 2.71 bits per heavy atom. The number of anilines is 1. The fourth-order valence-electron chi connectivity index (χ4n) is 3.52. The molecule has 0 atom stereocenters. The van der Waals surface area contributed by atoms with Gasteiger partial charge in [0.05, 0.1) is 16.9 Å². The third-order valence-corrected chi connectivity index (χ3v) is 6.01. The van der Waals surface area contributed by atoms with Gasteiger partial charge in [0.15, 0.2) is 0 Å². The maximum Gasteiger partial charge on any atom is 0.259 e. The number of benzene rings is 2. The summed E-state index contributed by atoms with van der Waals surface area (Å²) < 4.78 is 8.01. The summed E-state index contributed by atoms with van der Waals surface area (Å²) in [6.45, 7) is 1.82. The molecule has 2 heterocycles. The summed E-state index contributed by atoms with van der Waals surface area (Å²) in [7, 11) is 0. The molecule has 1 fully saturated rings. The minimum Gasteiger partial charge on any atom is -0.339 e. The van der Waals surface area contributed by atoms with Crippen LogP contribution >= 0.6 is 15.9 Å². The van der Waals surface area contributed by atoms with Gasteiger partial charge in [-0.15, -0.1) is 0 Å². The fourth-order valence-corrected chi connectivity index (χ4v) is 3.92. The van der Waals surface area contributed by atoms with E-state index in [2.05, 4.69) is 36.5 Å². The van der Waals surface area contributed by atoms with E-state index in [4.69, 9.17) is 4.52 Å². The van der Waals surface area contributed by atoms with E-state index in [0.29, 0.717) is 23.0 Å². The zero-order chi connectivity index (χ0) is 21.4. The van der Waals surface area contributed by atoms with Gasteiger partial charge in [0.1, 0.15) is 0 Å². The van der Waals surface area contributed by atoms with Crippen LogP contribution in [0.25, 0.3) is 17.1 Å². The van der Waals surface area contributed by atoms with Gasteiger partial charge < -0.3 is 9.84 Å². The van der Waals surface area contributed by atoms with Crippen molar-refractivity contribution in [1.82, 2.24) is 19.9 Å². The number of halogens is 1. The zero-order valence-electron chi connectivity index (χ0n) is 16.9. The van der Waals surface area contributed by atoms with Crippen LogP contribution < -0.4 is 5.32 Å². The summed E-state index contributed by atoms with van der Waals surface area (Å²) in [6.07, 6.45) is 5.21. The molecule has 1 N–H and O–H groups in total. The van der Waals surface area contributed by atoms with Crippen LogP contribution in [-0.4, -0.2) is 25.8 Å². The topological polar surface area (TPSA) is 85.8 Å². The largest absolute Gasteiger partial charge is 0.339 e. The molecular weight excluding hydrogens is 458 g/mol. The quantitative estimate of drug-likeness (QED) is 0.409. The van der Waals surface area contributed by atoms with Crippen molar-refractivity contribution in [3.05, 3.63) is 76.3 Å². The zero-order valence-corrected chi connectivity index (χ0v) is 18.5. The first-order valence-electron chi connectivity index (χ1n) is 10.1. The van der Waals surface area contributed by atoms with E-state index < -0.39 is 0 Å². The Kier molecular flexibility index (Phi) is 5.15. The molecule has 156 valence electrons. The molecule has 0 radical (unpaired) electrons. The van der Waals surface area contributed by atoms with Gasteiger partial charge in [-0.3, -0.25) is 4.79 Å². The number of nitrogens with zero attached hydrogens (tertiary/aromatic N) is 4. The summed E-state index contributed by atoms with van der Waals surface area (Å²) in [5.41, 5.74) is 3.62. The van der Waals surface area contributed by atoms with E-state index in [9.17, 15) is 4.79 Å². The van der Waals surface area contributed by atoms with Crippen LogP contribution in [0, 0.1) is 6.92 Å². The predicted octanol–water partition coefficient (Wildman–Crippen LogP) is 5.51. The fraction of sp³-hybridized carbons (Fsp3) is 0.217. The van der Waals surface area contributed by atoms with Crippen LogP contribution in [0.4, 0.5) is 5.69 Å². The highest BCUT2D eigenvalue weighted by molar-refractivity contribution is 9.10. The van der Waals surface area contributed by atoms with Gasteiger partial charge >= 0.3 is 0 Å². The average Bonchev–Trinajstić information content (AvgIpc) is 3.34. The van der Waals surface area contributed by atoms with E-state index in [0.717, 1.165) is 40.1 Å². The lowest BCUT2D eigenvalue weighted by Gasteiger charge is -2.20. The molecule has 0 aliphatic heterocycles. The Balaban J connectivity index is 1.33. The first-order chi connectivity index (χ1) is 15.1. The number of amides is 1. The molecule has 31 heavy (non-hydrogen) atoms. The van der Waals surface area contributed by atoms with Crippen LogP contribution in [-0.2, 0) is 0 Å². The van der Waals surface area contributed by atoms with E-state index in [1.54, 1.807) is 10.9 Å². The molecule has 4 aromatic rings. The minimum atomic E-state index is -0.200. The lowest BCUT2D eigenvalue weighted by molar-refractivity contribution is 0.102. The Labute approximate surface area is 187 Å². The van der Waals surface area contributed by atoms with Gasteiger partial charge in [-0.25, -0.2) is 4.68 Å². The molecule has 1 aliphatic rings. The van der Waals surface area contributed by atoms with Crippen molar-refractivity contribution in [3.8, 4) is 17.1 Å². The van der Waals surface area contributed by atoms with Crippen molar-refractivity contribution in [1.29, 1.82) is 0 Å². The Bertz CT molecular complexity index is 1240. The lowest BCUT2D eigenvalue weighted by atomic mass is 9.85. The number of aromatic nitrogens is 4. The second-order valence-electron chi connectivity index (χ2n) is 7.67. The second kappa shape index (κ2) is 8.11. The standard InChI is InChI=1S/C23H20BrN5O2/c1-14-20(22(30)25-18-7-3-6-17(24)12-18)13-29(27-14)19-10-8-15(9-11-19)21-26-23(31-28-21)16-4-2-5-16/h3,6-13,16H,2,4-5H2,1H3,(H,25,30). The van der Waals surface area contributed by atoms with Crippen LogP contribution in [0.15, 0.2) is 63.7 Å². The van der Waals surface area contributed by atoms with Gasteiger partial charge in [-0.2, -0.15) is 10.1 Å². The third kappa shape index (κ3) is 4.03. The maximum absolute atomic E-state index is 12.7. The van der Waals surface area contributed by atoms with Crippen LogP contribution in [0.3, 0.4) is 0 Å². The van der Waals surface area contributed by atoms with Crippen LogP contribution in [0.5, 0.6) is 0 Å². The normalized spacial score (nSPS) is 13.7. The van der Waals surface area contributed by atoms with E-state index in [1.807, 2.05) is 55.5 Å². The Morgan fingerprint density at radius 2 is 2.00 bits per heavy atom. The molecule has 1 aliphatic carbocycles. The molecular formula is C23H20BrN5O2. The van der Waals surface area contributed by atoms with Crippen LogP contribution in [0.1, 0.15) is 47.1 Å². The first kappa shape index (κ1) is 19.7. The van der Waals surface area contributed by atoms with Gasteiger partial charge in [0, 0.05) is 27.8 Å². The first-order valence-corrected chi connectivity index (χ1v) is 10.9. The lowest BCUT2D eigenvalue weighted by Crippen LogP contribution is -2.12. The molecule has 0 bridgehead atoms. The number of carbonyl (C=O) groups excluding carboxylic acids is 1. The van der Waals surface area contributed by atoms with Crippen molar-refractivity contribution >= 4 is 27.5 Å². The highest BCUT2D eigenvalue weighted by atomic mass is 79.9.